The molecule has 1 rings (SSSR count). The highest BCUT2D eigenvalue weighted by Crippen LogP contribution is 2.01. The summed E-state index contributed by atoms with van der Waals surface area (Å²) in [7, 11) is 0. The average Bonchev–Trinajstić information content (AvgIpc) is 2.62. The number of carbonyl (C=O) groups is 3. The van der Waals surface area contributed by atoms with Crippen molar-refractivity contribution < 1.29 is 19.5 Å². The van der Waals surface area contributed by atoms with Crippen LogP contribution in [0, 0.1) is 0 Å². The third-order valence-corrected chi connectivity index (χ3v) is 2.90. The molecule has 0 spiro atoms. The first-order valence-electron chi connectivity index (χ1n) is 6.28. The number of carboxylic acids is 1. The minimum absolute atomic E-state index is 0.00248. The number of urea groups is 1. The van der Waals surface area contributed by atoms with Gasteiger partial charge in [-0.25, -0.2) is 9.59 Å². The van der Waals surface area contributed by atoms with Crippen molar-refractivity contribution in [3.8, 4) is 0 Å². The lowest BCUT2D eigenvalue weighted by molar-refractivity contribution is -0.139. The largest absolute Gasteiger partial charge is 0.480 e. The summed E-state index contributed by atoms with van der Waals surface area (Å²) in [6, 6.07) is -1.50. The van der Waals surface area contributed by atoms with E-state index in [0.29, 0.717) is 19.6 Å². The van der Waals surface area contributed by atoms with Crippen molar-refractivity contribution in [2.45, 2.75) is 25.3 Å². The molecule has 8 nitrogen and oxygen atoms in total. The number of rotatable bonds is 5. The van der Waals surface area contributed by atoms with Gasteiger partial charge in [0.05, 0.1) is 0 Å². The summed E-state index contributed by atoms with van der Waals surface area (Å²) in [6.45, 7) is 2.65. The van der Waals surface area contributed by atoms with Gasteiger partial charge in [0.25, 0.3) is 0 Å². The molecule has 0 radical (unpaired) electrons. The predicted molar refractivity (Wildman–Crippen MR) is 67.4 cm³/mol. The topological polar surface area (TPSA) is 125 Å². The Morgan fingerprint density at radius 1 is 1.32 bits per heavy atom. The van der Waals surface area contributed by atoms with E-state index in [-0.39, 0.29) is 12.8 Å². The molecule has 1 aliphatic rings. The Hall–Kier alpha value is -1.83. The van der Waals surface area contributed by atoms with Gasteiger partial charge in [0, 0.05) is 26.1 Å². The molecule has 1 fully saturated rings. The number of nitrogens with zero attached hydrogens (tertiary/aromatic N) is 1. The Morgan fingerprint density at radius 2 is 2.05 bits per heavy atom. The summed E-state index contributed by atoms with van der Waals surface area (Å²) in [5, 5.41) is 14.6. The number of nitrogens with two attached hydrogens (primary N) is 1. The first-order valence-corrected chi connectivity index (χ1v) is 6.28. The molecule has 0 bridgehead atoms. The summed E-state index contributed by atoms with van der Waals surface area (Å²) < 4.78 is 0. The van der Waals surface area contributed by atoms with Crippen LogP contribution in [0.5, 0.6) is 0 Å². The van der Waals surface area contributed by atoms with E-state index in [0.717, 1.165) is 13.0 Å². The summed E-state index contributed by atoms with van der Waals surface area (Å²) >= 11 is 0. The second kappa shape index (κ2) is 7.57. The van der Waals surface area contributed by atoms with Crippen molar-refractivity contribution in [3.63, 3.8) is 0 Å². The number of aliphatic carboxylic acids is 1. The van der Waals surface area contributed by atoms with Crippen LogP contribution in [-0.4, -0.2) is 60.1 Å². The number of carboxylic acid groups (broad SMARTS) is 1. The molecule has 1 atom stereocenters. The highest BCUT2D eigenvalue weighted by molar-refractivity contribution is 5.83. The highest BCUT2D eigenvalue weighted by Gasteiger charge is 2.23. The van der Waals surface area contributed by atoms with Gasteiger partial charge in [-0.1, -0.05) is 0 Å². The van der Waals surface area contributed by atoms with Crippen LogP contribution in [0.3, 0.4) is 0 Å². The number of primary amides is 1. The Kier molecular flexibility index (Phi) is 6.07. The molecule has 1 saturated heterocycles. The molecule has 5 N–H and O–H groups in total. The second-order valence-electron chi connectivity index (χ2n) is 4.44. The van der Waals surface area contributed by atoms with Gasteiger partial charge in [0.15, 0.2) is 0 Å². The fourth-order valence-electron chi connectivity index (χ4n) is 1.83. The van der Waals surface area contributed by atoms with E-state index in [1.807, 2.05) is 0 Å². The van der Waals surface area contributed by atoms with Crippen molar-refractivity contribution >= 4 is 17.9 Å². The standard InChI is InChI=1S/C11H20N4O4/c12-9(16)3-2-8(10(17)18)14-11(19)15-6-1-4-13-5-7-15/h8,13H,1-7H2,(H2,12,16)(H,14,19)(H,17,18). The zero-order valence-electron chi connectivity index (χ0n) is 10.7. The Balaban J connectivity index is 2.49. The smallest absolute Gasteiger partial charge is 0.326 e. The Labute approximate surface area is 111 Å². The molecule has 1 heterocycles. The van der Waals surface area contributed by atoms with Gasteiger partial charge in [-0.05, 0) is 19.4 Å². The van der Waals surface area contributed by atoms with Crippen LogP contribution in [-0.2, 0) is 9.59 Å². The maximum Gasteiger partial charge on any atom is 0.326 e. The maximum absolute atomic E-state index is 11.9. The van der Waals surface area contributed by atoms with Gasteiger partial charge in [-0.15, -0.1) is 0 Å². The monoisotopic (exact) mass is 272 g/mol. The zero-order valence-corrected chi connectivity index (χ0v) is 10.7. The molecule has 0 aromatic carbocycles. The molecule has 1 unspecified atom stereocenters. The molecule has 0 saturated carbocycles. The third kappa shape index (κ3) is 5.56. The lowest BCUT2D eigenvalue weighted by atomic mass is 10.1. The van der Waals surface area contributed by atoms with E-state index < -0.39 is 23.9 Å². The average molecular weight is 272 g/mol. The van der Waals surface area contributed by atoms with Crippen LogP contribution in [0.2, 0.25) is 0 Å². The number of amides is 3. The molecule has 3 amide bonds. The van der Waals surface area contributed by atoms with E-state index in [1.165, 1.54) is 0 Å². The predicted octanol–water partition coefficient (Wildman–Crippen LogP) is -1.29. The third-order valence-electron chi connectivity index (χ3n) is 2.90. The summed E-state index contributed by atoms with van der Waals surface area (Å²) in [6.07, 6.45) is 0.758. The van der Waals surface area contributed by atoms with E-state index in [4.69, 9.17) is 10.8 Å². The minimum atomic E-state index is -1.16. The van der Waals surface area contributed by atoms with E-state index in [1.54, 1.807) is 4.90 Å². The molecular weight excluding hydrogens is 252 g/mol. The summed E-state index contributed by atoms with van der Waals surface area (Å²) in [4.78, 5) is 35.1. The van der Waals surface area contributed by atoms with E-state index >= 15 is 0 Å². The van der Waals surface area contributed by atoms with Crippen LogP contribution in [0.4, 0.5) is 4.79 Å². The number of carbonyl (C=O) groups excluding carboxylic acids is 2. The number of hydrogen-bond acceptors (Lipinski definition) is 4. The van der Waals surface area contributed by atoms with Gasteiger partial charge in [-0.3, -0.25) is 4.79 Å². The minimum Gasteiger partial charge on any atom is -0.480 e. The van der Waals surface area contributed by atoms with Gasteiger partial charge in [-0.2, -0.15) is 0 Å². The lowest BCUT2D eigenvalue weighted by Gasteiger charge is -2.23. The van der Waals surface area contributed by atoms with Gasteiger partial charge in [0.1, 0.15) is 6.04 Å². The van der Waals surface area contributed by atoms with Crippen molar-refractivity contribution in [1.82, 2.24) is 15.5 Å². The summed E-state index contributed by atoms with van der Waals surface area (Å²) in [5.41, 5.74) is 4.97. The molecule has 19 heavy (non-hydrogen) atoms. The SMILES string of the molecule is NC(=O)CCC(NC(=O)N1CCCNCC1)C(=O)O. The fourth-order valence-corrected chi connectivity index (χ4v) is 1.83. The van der Waals surface area contributed by atoms with Crippen LogP contribution < -0.4 is 16.4 Å². The summed E-state index contributed by atoms with van der Waals surface area (Å²) in [5.74, 6) is -1.75. The Morgan fingerprint density at radius 3 is 2.68 bits per heavy atom. The quantitative estimate of drug-likeness (QED) is 0.495. The molecule has 1 aliphatic heterocycles. The highest BCUT2D eigenvalue weighted by atomic mass is 16.4. The number of nitrogens with one attached hydrogen (secondary N) is 2. The van der Waals surface area contributed by atoms with Gasteiger partial charge in [0.2, 0.25) is 5.91 Å². The van der Waals surface area contributed by atoms with Crippen molar-refractivity contribution in [1.29, 1.82) is 0 Å². The van der Waals surface area contributed by atoms with Crippen LogP contribution in [0.1, 0.15) is 19.3 Å². The van der Waals surface area contributed by atoms with Crippen molar-refractivity contribution in [2.75, 3.05) is 26.2 Å². The van der Waals surface area contributed by atoms with Gasteiger partial charge < -0.3 is 26.4 Å². The molecule has 8 heteroatoms. The fraction of sp³-hybridized carbons (Fsp3) is 0.727. The first kappa shape index (κ1) is 15.2. The van der Waals surface area contributed by atoms with E-state index in [2.05, 4.69) is 10.6 Å². The molecule has 0 aromatic heterocycles. The van der Waals surface area contributed by atoms with Gasteiger partial charge >= 0.3 is 12.0 Å². The van der Waals surface area contributed by atoms with Crippen LogP contribution in [0.25, 0.3) is 0 Å². The first-order chi connectivity index (χ1) is 9.00. The maximum atomic E-state index is 11.9. The second-order valence-corrected chi connectivity index (χ2v) is 4.44. The zero-order chi connectivity index (χ0) is 14.3. The lowest BCUT2D eigenvalue weighted by Crippen LogP contribution is -2.49. The van der Waals surface area contributed by atoms with Crippen LogP contribution in [0.15, 0.2) is 0 Å². The normalized spacial score (nSPS) is 17.4. The molecule has 108 valence electrons. The molecular formula is C11H20N4O4. The van der Waals surface area contributed by atoms with Crippen molar-refractivity contribution in [3.05, 3.63) is 0 Å². The Bertz CT molecular complexity index is 340. The van der Waals surface area contributed by atoms with E-state index in [9.17, 15) is 14.4 Å². The number of hydrogen-bond donors (Lipinski definition) is 4. The van der Waals surface area contributed by atoms with Crippen LogP contribution >= 0.6 is 0 Å². The molecule has 0 aromatic rings. The molecule has 0 aliphatic carbocycles. The van der Waals surface area contributed by atoms with Crippen molar-refractivity contribution in [2.24, 2.45) is 5.73 Å².